The van der Waals surface area contributed by atoms with Gasteiger partial charge in [-0.15, -0.1) is 0 Å². The smallest absolute Gasteiger partial charge is 0.269 e. The number of H-pyrrole nitrogens is 1. The van der Waals surface area contributed by atoms with Crippen LogP contribution in [0.4, 0.5) is 11.4 Å². The number of nitrogens with one attached hydrogen (secondary N) is 2. The summed E-state index contributed by atoms with van der Waals surface area (Å²) in [6.45, 7) is 3.88. The zero-order valence-corrected chi connectivity index (χ0v) is 22.5. The second-order valence-electron chi connectivity index (χ2n) is 10.4. The van der Waals surface area contributed by atoms with Crippen molar-refractivity contribution in [2.24, 2.45) is 5.73 Å². The number of carbonyl (C=O) groups is 2. The number of pyridine rings is 1. The lowest BCUT2D eigenvalue weighted by Gasteiger charge is -2.21. The first-order valence-corrected chi connectivity index (χ1v) is 13.6. The number of amides is 2. The van der Waals surface area contributed by atoms with Crippen LogP contribution in [0, 0.1) is 6.92 Å². The van der Waals surface area contributed by atoms with Crippen LogP contribution in [0.3, 0.4) is 0 Å². The maximum absolute atomic E-state index is 13.3. The summed E-state index contributed by atoms with van der Waals surface area (Å²) in [6, 6.07) is 17.7. The molecule has 200 valence electrons. The summed E-state index contributed by atoms with van der Waals surface area (Å²) in [5.41, 5.74) is 13.4. The van der Waals surface area contributed by atoms with Crippen LogP contribution in [-0.2, 0) is 11.3 Å². The minimum absolute atomic E-state index is 0.0564. The molecule has 40 heavy (non-hydrogen) atoms. The molecule has 4 N–H and O–H groups in total. The summed E-state index contributed by atoms with van der Waals surface area (Å²) >= 11 is 6.20. The highest BCUT2D eigenvalue weighted by Gasteiger charge is 2.30. The minimum Gasteiger partial charge on any atom is -0.380 e. The third-order valence-electron chi connectivity index (χ3n) is 7.92. The molecule has 1 atom stereocenters. The van der Waals surface area contributed by atoms with E-state index >= 15 is 0 Å². The number of carbonyl (C=O) groups excluding carboxylic acids is 2. The first-order chi connectivity index (χ1) is 19.4. The van der Waals surface area contributed by atoms with E-state index < -0.39 is 5.91 Å². The van der Waals surface area contributed by atoms with Crippen molar-refractivity contribution in [2.45, 2.75) is 25.9 Å². The number of fused-ring (bicyclic) bond motifs is 4. The zero-order chi connectivity index (χ0) is 27.5. The van der Waals surface area contributed by atoms with Gasteiger partial charge in [-0.2, -0.15) is 0 Å². The Balaban J connectivity index is 1.36. The molecule has 0 saturated carbocycles. The van der Waals surface area contributed by atoms with Crippen molar-refractivity contribution in [2.75, 3.05) is 23.4 Å². The molecule has 8 nitrogen and oxygen atoms in total. The predicted molar refractivity (Wildman–Crippen MR) is 157 cm³/mol. The van der Waals surface area contributed by atoms with Crippen LogP contribution in [0.5, 0.6) is 0 Å². The lowest BCUT2D eigenvalue weighted by Crippen LogP contribution is -2.24. The molecule has 7 rings (SSSR count). The van der Waals surface area contributed by atoms with Gasteiger partial charge in [-0.3, -0.25) is 9.59 Å². The Hall–Kier alpha value is -4.40. The van der Waals surface area contributed by atoms with Gasteiger partial charge in [-0.05, 0) is 66.4 Å². The number of nitrogens with zero attached hydrogens (tertiary/aromatic N) is 2. The number of aromatic nitrogens is 2. The molecule has 2 aromatic heterocycles. The average Bonchev–Trinajstić information content (AvgIpc) is 3.66. The van der Waals surface area contributed by atoms with E-state index in [-0.39, 0.29) is 17.6 Å². The van der Waals surface area contributed by atoms with Crippen LogP contribution < -0.4 is 16.0 Å². The molecule has 2 aliphatic heterocycles. The molecule has 1 unspecified atom stereocenters. The topological polar surface area (TPSA) is 113 Å². The van der Waals surface area contributed by atoms with Gasteiger partial charge in [0, 0.05) is 56.6 Å². The maximum Gasteiger partial charge on any atom is 0.269 e. The van der Waals surface area contributed by atoms with E-state index in [9.17, 15) is 9.59 Å². The Labute approximate surface area is 235 Å². The molecule has 0 bridgehead atoms. The van der Waals surface area contributed by atoms with E-state index in [0.29, 0.717) is 29.3 Å². The van der Waals surface area contributed by atoms with Gasteiger partial charge in [-0.1, -0.05) is 29.8 Å². The van der Waals surface area contributed by atoms with Gasteiger partial charge in [0.2, 0.25) is 0 Å². The number of ether oxygens (including phenoxy) is 1. The predicted octanol–water partition coefficient (Wildman–Crippen LogP) is 5.81. The molecule has 2 amide bonds. The highest BCUT2D eigenvalue weighted by atomic mass is 35.5. The number of hydrogen-bond acceptors (Lipinski definition) is 5. The van der Waals surface area contributed by atoms with Crippen molar-refractivity contribution in [3.05, 3.63) is 88.2 Å². The summed E-state index contributed by atoms with van der Waals surface area (Å²) in [6.07, 6.45) is 2.65. The molecule has 0 radical (unpaired) electrons. The van der Waals surface area contributed by atoms with E-state index in [1.54, 1.807) is 23.2 Å². The normalized spacial score (nSPS) is 16.7. The molecule has 1 saturated heterocycles. The second-order valence-corrected chi connectivity index (χ2v) is 10.8. The molecular formula is C31H26ClN5O3. The lowest BCUT2D eigenvalue weighted by atomic mass is 9.95. The molecule has 0 spiro atoms. The van der Waals surface area contributed by atoms with Crippen LogP contribution >= 0.6 is 11.6 Å². The monoisotopic (exact) mass is 551 g/mol. The third-order valence-corrected chi connectivity index (χ3v) is 8.15. The number of primary amides is 1. The van der Waals surface area contributed by atoms with Crippen LogP contribution in [0.25, 0.3) is 32.9 Å². The van der Waals surface area contributed by atoms with E-state index in [4.69, 9.17) is 22.1 Å². The van der Waals surface area contributed by atoms with Gasteiger partial charge in [0.15, 0.2) is 5.69 Å². The molecule has 0 aliphatic carbocycles. The van der Waals surface area contributed by atoms with Gasteiger partial charge in [-0.25, -0.2) is 4.98 Å². The van der Waals surface area contributed by atoms with Gasteiger partial charge >= 0.3 is 0 Å². The van der Waals surface area contributed by atoms with E-state index in [2.05, 4.69) is 15.3 Å². The van der Waals surface area contributed by atoms with Crippen LogP contribution in [0.15, 0.2) is 60.8 Å². The number of benzene rings is 3. The Bertz CT molecular complexity index is 1860. The van der Waals surface area contributed by atoms with E-state index in [0.717, 1.165) is 62.9 Å². The minimum atomic E-state index is -0.603. The Kier molecular flexibility index (Phi) is 5.76. The van der Waals surface area contributed by atoms with Crippen LogP contribution in [0.2, 0.25) is 5.02 Å². The number of nitrogens with two attached hydrogens (primary N) is 1. The number of hydrogen-bond donors (Lipinski definition) is 3. The fourth-order valence-electron chi connectivity index (χ4n) is 5.97. The number of anilines is 2. The second kappa shape index (κ2) is 9.36. The Morgan fingerprint density at radius 2 is 2.02 bits per heavy atom. The van der Waals surface area contributed by atoms with Crippen LogP contribution in [-0.4, -0.2) is 41.0 Å². The summed E-state index contributed by atoms with van der Waals surface area (Å²) < 4.78 is 5.50. The van der Waals surface area contributed by atoms with Crippen molar-refractivity contribution in [1.82, 2.24) is 9.97 Å². The van der Waals surface area contributed by atoms with Crippen molar-refractivity contribution < 1.29 is 14.3 Å². The van der Waals surface area contributed by atoms with E-state index in [1.165, 1.54) is 0 Å². The molecular weight excluding hydrogens is 526 g/mol. The summed E-state index contributed by atoms with van der Waals surface area (Å²) in [5, 5.41) is 5.94. The van der Waals surface area contributed by atoms with Crippen molar-refractivity contribution in [1.29, 1.82) is 0 Å². The first kappa shape index (κ1) is 24.6. The third kappa shape index (κ3) is 3.91. The number of aromatic amines is 1. The maximum atomic E-state index is 13.3. The van der Waals surface area contributed by atoms with Crippen molar-refractivity contribution >= 4 is 56.6 Å². The molecule has 3 aromatic carbocycles. The highest BCUT2D eigenvalue weighted by Crippen LogP contribution is 2.41. The zero-order valence-electron chi connectivity index (χ0n) is 21.8. The van der Waals surface area contributed by atoms with Crippen molar-refractivity contribution in [3.63, 3.8) is 0 Å². The molecule has 1 fully saturated rings. The largest absolute Gasteiger partial charge is 0.380 e. The van der Waals surface area contributed by atoms with Gasteiger partial charge < -0.3 is 25.7 Å². The highest BCUT2D eigenvalue weighted by molar-refractivity contribution is 6.31. The first-order valence-electron chi connectivity index (χ1n) is 13.2. The fraction of sp³-hybridized carbons (Fsp3) is 0.194. The Morgan fingerprint density at radius 1 is 1.15 bits per heavy atom. The van der Waals surface area contributed by atoms with Gasteiger partial charge in [0.05, 0.1) is 24.7 Å². The SMILES string of the molecule is Cc1c(-c2cnc(C(N)=O)c3[nH]c4cc(NC5CCOC5)ccc4c23)cccc1N1Cc2cc(Cl)ccc2C1=O. The molecule has 5 aromatic rings. The molecule has 4 heterocycles. The van der Waals surface area contributed by atoms with Gasteiger partial charge in [0.1, 0.15) is 0 Å². The quantitative estimate of drug-likeness (QED) is 0.255. The Morgan fingerprint density at radius 3 is 2.83 bits per heavy atom. The standard InChI is InChI=1S/C31H26ClN5O3/c1-16-21(3-2-4-26(16)37-14-17-11-18(32)5-7-22(17)31(37)39)24-13-34-29(30(33)38)28-27(24)23-8-6-19(12-25(23)36-28)35-20-9-10-40-15-20/h2-8,11-13,20,35-36H,9-10,14-15H2,1H3,(H2,33,38). The lowest BCUT2D eigenvalue weighted by molar-refractivity contribution is 0.0988. The van der Waals surface area contributed by atoms with Crippen LogP contribution in [0.1, 0.15) is 38.4 Å². The summed E-state index contributed by atoms with van der Waals surface area (Å²) in [7, 11) is 0. The number of rotatable bonds is 5. The average molecular weight is 552 g/mol. The van der Waals surface area contributed by atoms with Crippen molar-refractivity contribution in [3.8, 4) is 11.1 Å². The number of halogens is 1. The fourth-order valence-corrected chi connectivity index (χ4v) is 6.16. The summed E-state index contributed by atoms with van der Waals surface area (Å²) in [5.74, 6) is -0.659. The summed E-state index contributed by atoms with van der Waals surface area (Å²) in [4.78, 5) is 35.4. The van der Waals surface area contributed by atoms with Gasteiger partial charge in [0.25, 0.3) is 11.8 Å². The molecule has 9 heteroatoms. The van der Waals surface area contributed by atoms with E-state index in [1.807, 2.05) is 49.4 Å². The molecule has 2 aliphatic rings.